The lowest BCUT2D eigenvalue weighted by molar-refractivity contribution is -0.121. The molecule has 1 aromatic rings. The Bertz CT molecular complexity index is 500. The Morgan fingerprint density at radius 3 is 2.56 bits per heavy atom. The van der Waals surface area contributed by atoms with Gasteiger partial charge in [0.15, 0.2) is 0 Å². The predicted molar refractivity (Wildman–Crippen MR) is 106 cm³/mol. The van der Waals surface area contributed by atoms with Crippen molar-refractivity contribution in [2.45, 2.75) is 37.3 Å². The van der Waals surface area contributed by atoms with Crippen molar-refractivity contribution in [1.82, 2.24) is 15.2 Å². The standard InChI is InChI=1S/C18H28N4O.2ClH/c1-2-17(15-20-6-1)22-11-9-21(10-12-22)16-3-13-23-18(14-16)4-7-19-8-5-18;;/h1-2,6,15-16,19H,3-5,7-14H2;2*1H. The number of halogens is 2. The number of aromatic nitrogens is 1. The van der Waals surface area contributed by atoms with Crippen molar-refractivity contribution in [3.63, 3.8) is 0 Å². The summed E-state index contributed by atoms with van der Waals surface area (Å²) in [5, 5.41) is 3.47. The summed E-state index contributed by atoms with van der Waals surface area (Å²) < 4.78 is 6.23. The molecule has 1 unspecified atom stereocenters. The van der Waals surface area contributed by atoms with Crippen LogP contribution in [0.1, 0.15) is 25.7 Å². The highest BCUT2D eigenvalue weighted by molar-refractivity contribution is 5.85. The van der Waals surface area contributed by atoms with Crippen molar-refractivity contribution < 1.29 is 4.74 Å². The van der Waals surface area contributed by atoms with Crippen molar-refractivity contribution in [3.05, 3.63) is 24.5 Å². The van der Waals surface area contributed by atoms with E-state index in [-0.39, 0.29) is 30.4 Å². The van der Waals surface area contributed by atoms with Crippen LogP contribution in [0.3, 0.4) is 0 Å². The molecular weight excluding hydrogens is 359 g/mol. The summed E-state index contributed by atoms with van der Waals surface area (Å²) in [5.41, 5.74) is 1.42. The van der Waals surface area contributed by atoms with Crippen molar-refractivity contribution in [2.24, 2.45) is 0 Å². The van der Waals surface area contributed by atoms with Crippen molar-refractivity contribution in [2.75, 3.05) is 50.8 Å². The molecule has 1 N–H and O–H groups in total. The van der Waals surface area contributed by atoms with Crippen LogP contribution in [-0.2, 0) is 4.74 Å². The second-order valence-corrected chi connectivity index (χ2v) is 7.16. The monoisotopic (exact) mass is 388 g/mol. The second-order valence-electron chi connectivity index (χ2n) is 7.16. The molecule has 3 aliphatic heterocycles. The molecule has 5 nitrogen and oxygen atoms in total. The van der Waals surface area contributed by atoms with E-state index in [9.17, 15) is 0 Å². The summed E-state index contributed by atoms with van der Waals surface area (Å²) in [6.45, 7) is 7.70. The molecule has 142 valence electrons. The van der Waals surface area contributed by atoms with Gasteiger partial charge in [-0.15, -0.1) is 24.8 Å². The Kier molecular flexibility index (Phi) is 7.77. The third-order valence-corrected chi connectivity index (χ3v) is 5.82. The lowest BCUT2D eigenvalue weighted by atomic mass is 9.82. The fraction of sp³-hybridized carbons (Fsp3) is 0.722. The van der Waals surface area contributed by atoms with Gasteiger partial charge < -0.3 is 15.0 Å². The van der Waals surface area contributed by atoms with Gasteiger partial charge in [0.25, 0.3) is 0 Å². The van der Waals surface area contributed by atoms with Crippen molar-refractivity contribution >= 4 is 30.5 Å². The molecule has 0 bridgehead atoms. The number of piperazine rings is 1. The highest BCUT2D eigenvalue weighted by Crippen LogP contribution is 2.35. The van der Waals surface area contributed by atoms with Crippen LogP contribution in [0.4, 0.5) is 5.69 Å². The number of nitrogens with one attached hydrogen (secondary N) is 1. The zero-order valence-corrected chi connectivity index (χ0v) is 16.4. The van der Waals surface area contributed by atoms with E-state index in [1.807, 2.05) is 18.5 Å². The Balaban J connectivity index is 0.00000113. The van der Waals surface area contributed by atoms with Gasteiger partial charge in [0, 0.05) is 45.0 Å². The van der Waals surface area contributed by atoms with E-state index >= 15 is 0 Å². The minimum absolute atomic E-state index is 0. The van der Waals surface area contributed by atoms with E-state index in [1.165, 1.54) is 31.4 Å². The molecule has 0 amide bonds. The first-order valence-corrected chi connectivity index (χ1v) is 9.08. The average molecular weight is 389 g/mol. The van der Waals surface area contributed by atoms with Crippen molar-refractivity contribution in [1.29, 1.82) is 0 Å². The molecule has 4 rings (SSSR count). The number of anilines is 1. The first-order chi connectivity index (χ1) is 11.3. The molecule has 25 heavy (non-hydrogen) atoms. The number of rotatable bonds is 2. The summed E-state index contributed by atoms with van der Waals surface area (Å²) in [5.74, 6) is 0. The molecule has 1 atom stereocenters. The number of pyridine rings is 1. The van der Waals surface area contributed by atoms with Gasteiger partial charge in [0.2, 0.25) is 0 Å². The van der Waals surface area contributed by atoms with E-state index in [1.54, 1.807) is 0 Å². The first kappa shape index (κ1) is 20.7. The molecule has 0 aliphatic carbocycles. The zero-order valence-electron chi connectivity index (χ0n) is 14.7. The molecule has 3 aliphatic rings. The maximum atomic E-state index is 6.23. The van der Waals surface area contributed by atoms with Gasteiger partial charge in [-0.25, -0.2) is 0 Å². The van der Waals surface area contributed by atoms with Crippen LogP contribution in [0.2, 0.25) is 0 Å². The number of hydrogen-bond donors (Lipinski definition) is 1. The van der Waals surface area contributed by atoms with Crippen molar-refractivity contribution in [3.8, 4) is 0 Å². The number of piperidine rings is 1. The number of hydrogen-bond acceptors (Lipinski definition) is 5. The molecule has 1 spiro atoms. The summed E-state index contributed by atoms with van der Waals surface area (Å²) in [7, 11) is 0. The third-order valence-electron chi connectivity index (χ3n) is 5.82. The maximum Gasteiger partial charge on any atom is 0.0721 e. The van der Waals surface area contributed by atoms with E-state index < -0.39 is 0 Å². The molecule has 3 saturated heterocycles. The lowest BCUT2D eigenvalue weighted by Crippen LogP contribution is -2.56. The third kappa shape index (κ3) is 4.77. The van der Waals surface area contributed by atoms with Gasteiger partial charge in [-0.2, -0.15) is 0 Å². The van der Waals surface area contributed by atoms with Crippen LogP contribution in [0, 0.1) is 0 Å². The largest absolute Gasteiger partial charge is 0.375 e. The molecule has 7 heteroatoms. The Hall–Kier alpha value is -0.590. The van der Waals surface area contributed by atoms with Gasteiger partial charge >= 0.3 is 0 Å². The van der Waals surface area contributed by atoms with Crippen LogP contribution in [-0.4, -0.2) is 67.4 Å². The molecular formula is C18H30Cl2N4O. The lowest BCUT2D eigenvalue weighted by Gasteiger charge is -2.48. The predicted octanol–water partition coefficient (Wildman–Crippen LogP) is 2.35. The fourth-order valence-corrected chi connectivity index (χ4v) is 4.43. The summed E-state index contributed by atoms with van der Waals surface area (Å²) in [4.78, 5) is 9.42. The maximum absolute atomic E-state index is 6.23. The minimum Gasteiger partial charge on any atom is -0.375 e. The highest BCUT2D eigenvalue weighted by Gasteiger charge is 2.40. The van der Waals surface area contributed by atoms with Crippen LogP contribution in [0.25, 0.3) is 0 Å². The fourth-order valence-electron chi connectivity index (χ4n) is 4.43. The quantitative estimate of drug-likeness (QED) is 0.841. The molecule has 3 fully saturated rings. The molecule has 0 saturated carbocycles. The molecule has 0 aromatic carbocycles. The van der Waals surface area contributed by atoms with Gasteiger partial charge in [0.05, 0.1) is 17.5 Å². The summed E-state index contributed by atoms with van der Waals surface area (Å²) in [6.07, 6.45) is 8.61. The molecule has 4 heterocycles. The minimum atomic E-state index is 0. The SMILES string of the molecule is Cl.Cl.c1cncc(N2CCN(C3CCOC4(CCNCC4)C3)CC2)c1. The average Bonchev–Trinajstić information content (AvgIpc) is 2.63. The van der Waals surface area contributed by atoms with Gasteiger partial charge in [-0.05, 0) is 50.9 Å². The van der Waals surface area contributed by atoms with Gasteiger partial charge in [0.1, 0.15) is 0 Å². The second kappa shape index (κ2) is 9.38. The van der Waals surface area contributed by atoms with Crippen LogP contribution in [0.5, 0.6) is 0 Å². The smallest absolute Gasteiger partial charge is 0.0721 e. The topological polar surface area (TPSA) is 40.6 Å². The highest BCUT2D eigenvalue weighted by atomic mass is 35.5. The van der Waals surface area contributed by atoms with E-state index in [0.29, 0.717) is 6.04 Å². The number of nitrogens with zero attached hydrogens (tertiary/aromatic N) is 3. The van der Waals surface area contributed by atoms with Crippen LogP contribution in [0.15, 0.2) is 24.5 Å². The van der Waals surface area contributed by atoms with E-state index in [2.05, 4.69) is 26.2 Å². The Morgan fingerprint density at radius 2 is 1.88 bits per heavy atom. The summed E-state index contributed by atoms with van der Waals surface area (Å²) >= 11 is 0. The van der Waals surface area contributed by atoms with Crippen LogP contribution < -0.4 is 10.2 Å². The zero-order chi connectivity index (χ0) is 15.5. The Labute approximate surface area is 163 Å². The van der Waals surface area contributed by atoms with E-state index in [0.717, 1.165) is 45.9 Å². The van der Waals surface area contributed by atoms with Gasteiger partial charge in [-0.1, -0.05) is 0 Å². The molecule has 1 aromatic heterocycles. The number of ether oxygens (including phenoxy) is 1. The molecule has 0 radical (unpaired) electrons. The van der Waals surface area contributed by atoms with E-state index in [4.69, 9.17) is 4.74 Å². The van der Waals surface area contributed by atoms with Crippen LogP contribution >= 0.6 is 24.8 Å². The normalized spacial score (nSPS) is 26.6. The van der Waals surface area contributed by atoms with Gasteiger partial charge in [-0.3, -0.25) is 9.88 Å². The summed E-state index contributed by atoms with van der Waals surface area (Å²) in [6, 6.07) is 4.90. The first-order valence-electron chi connectivity index (χ1n) is 9.08. The Morgan fingerprint density at radius 1 is 1.12 bits per heavy atom.